The molecule has 1 N–H and O–H groups in total. The van der Waals surface area contributed by atoms with E-state index in [9.17, 15) is 0 Å². The molecule has 0 aliphatic carbocycles. The molecular weight excluding hydrogens is 313 g/mol. The van der Waals surface area contributed by atoms with Crippen molar-refractivity contribution >= 4 is 17.1 Å². The van der Waals surface area contributed by atoms with Crippen molar-refractivity contribution < 1.29 is 13.9 Å². The Morgan fingerprint density at radius 1 is 1.42 bits per heavy atom. The van der Waals surface area contributed by atoms with Crippen LogP contribution in [0.5, 0.6) is 5.88 Å². The van der Waals surface area contributed by atoms with Gasteiger partial charge >= 0.3 is 0 Å². The first-order chi connectivity index (χ1) is 11.4. The molecular formula is C16H24FN5O2. The van der Waals surface area contributed by atoms with Crippen LogP contribution in [0.25, 0.3) is 11.2 Å². The van der Waals surface area contributed by atoms with E-state index in [2.05, 4.69) is 20.3 Å². The molecule has 132 valence electrons. The van der Waals surface area contributed by atoms with Crippen LogP contribution in [0.3, 0.4) is 0 Å². The zero-order chi connectivity index (χ0) is 17.5. The van der Waals surface area contributed by atoms with E-state index in [1.54, 1.807) is 17.8 Å². The molecule has 2 aromatic heterocycles. The Morgan fingerprint density at radius 2 is 2.17 bits per heavy atom. The second-order valence-electron chi connectivity index (χ2n) is 6.29. The third kappa shape index (κ3) is 2.49. The molecule has 2 aromatic rings. The molecule has 24 heavy (non-hydrogen) atoms. The average Bonchev–Trinajstić information content (AvgIpc) is 3.07. The van der Waals surface area contributed by atoms with E-state index in [0.717, 1.165) is 6.42 Å². The smallest absolute Gasteiger partial charge is 0.246 e. The molecule has 3 rings (SSSR count). The Labute approximate surface area is 140 Å². The van der Waals surface area contributed by atoms with Crippen molar-refractivity contribution in [1.82, 2.24) is 19.5 Å². The monoisotopic (exact) mass is 337 g/mol. The van der Waals surface area contributed by atoms with Crippen molar-refractivity contribution in [2.75, 3.05) is 19.0 Å². The van der Waals surface area contributed by atoms with E-state index >= 15 is 4.39 Å². The lowest BCUT2D eigenvalue weighted by atomic mass is 9.88. The number of hydrogen-bond acceptors (Lipinski definition) is 6. The minimum Gasteiger partial charge on any atom is -0.479 e. The third-order valence-corrected chi connectivity index (χ3v) is 4.81. The summed E-state index contributed by atoms with van der Waals surface area (Å²) in [6.07, 6.45) is 1.38. The van der Waals surface area contributed by atoms with Gasteiger partial charge in [0.25, 0.3) is 0 Å². The summed E-state index contributed by atoms with van der Waals surface area (Å²) in [6.45, 7) is 8.07. The maximum Gasteiger partial charge on any atom is 0.246 e. The number of ether oxygens (including phenoxy) is 2. The predicted molar refractivity (Wildman–Crippen MR) is 88.9 cm³/mol. The first-order valence-corrected chi connectivity index (χ1v) is 8.30. The number of anilines is 1. The zero-order valence-electron chi connectivity index (χ0n) is 14.7. The van der Waals surface area contributed by atoms with E-state index < -0.39 is 11.9 Å². The van der Waals surface area contributed by atoms with Crippen molar-refractivity contribution in [3.8, 4) is 5.88 Å². The number of imidazole rings is 1. The van der Waals surface area contributed by atoms with Crippen molar-refractivity contribution in [1.29, 1.82) is 0 Å². The minimum absolute atomic E-state index is 0.139. The molecule has 0 spiro atoms. The number of alkyl halides is 1. The number of halogens is 1. The maximum atomic E-state index is 15.4. The Hall–Kier alpha value is -1.96. The number of hydrogen-bond donors (Lipinski definition) is 1. The van der Waals surface area contributed by atoms with Gasteiger partial charge in [0.2, 0.25) is 11.8 Å². The van der Waals surface area contributed by atoms with Crippen LogP contribution in [0.15, 0.2) is 6.33 Å². The molecule has 1 aliphatic heterocycles. The van der Waals surface area contributed by atoms with Crippen LogP contribution in [0.4, 0.5) is 10.3 Å². The van der Waals surface area contributed by atoms with Gasteiger partial charge in [-0.05, 0) is 20.3 Å². The molecule has 1 fully saturated rings. The fraction of sp³-hybridized carbons (Fsp3) is 0.688. The molecule has 0 amide bonds. The summed E-state index contributed by atoms with van der Waals surface area (Å²) in [7, 11) is 1.52. The highest BCUT2D eigenvalue weighted by Gasteiger charge is 2.52. The SMILES string of the molecule is CCNc1nc(OC)c2ncn(C3OC(CC)C(C)C3(C)F)c2n1. The number of aromatic nitrogens is 4. The lowest BCUT2D eigenvalue weighted by molar-refractivity contribution is -0.0450. The molecule has 8 heteroatoms. The highest BCUT2D eigenvalue weighted by molar-refractivity contribution is 5.78. The Morgan fingerprint density at radius 3 is 2.75 bits per heavy atom. The van der Waals surface area contributed by atoms with E-state index in [0.29, 0.717) is 29.5 Å². The van der Waals surface area contributed by atoms with Crippen LogP contribution in [-0.2, 0) is 4.74 Å². The summed E-state index contributed by atoms with van der Waals surface area (Å²) in [6, 6.07) is 0. The quantitative estimate of drug-likeness (QED) is 0.904. The van der Waals surface area contributed by atoms with Gasteiger partial charge in [-0.15, -0.1) is 0 Å². The minimum atomic E-state index is -1.52. The number of nitrogens with one attached hydrogen (secondary N) is 1. The van der Waals surface area contributed by atoms with Gasteiger partial charge in [0.05, 0.1) is 19.5 Å². The van der Waals surface area contributed by atoms with Crippen molar-refractivity contribution in [2.45, 2.75) is 52.1 Å². The van der Waals surface area contributed by atoms with Crippen LogP contribution >= 0.6 is 0 Å². The topological polar surface area (TPSA) is 74.1 Å². The molecule has 7 nitrogen and oxygen atoms in total. The van der Waals surface area contributed by atoms with Crippen LogP contribution in [0, 0.1) is 5.92 Å². The van der Waals surface area contributed by atoms with Crippen LogP contribution < -0.4 is 10.1 Å². The number of fused-ring (bicyclic) bond motifs is 1. The van der Waals surface area contributed by atoms with Gasteiger partial charge in [-0.1, -0.05) is 13.8 Å². The highest BCUT2D eigenvalue weighted by atomic mass is 19.1. The first-order valence-electron chi connectivity index (χ1n) is 8.30. The summed E-state index contributed by atoms with van der Waals surface area (Å²) in [5.41, 5.74) is -0.535. The van der Waals surface area contributed by atoms with Crippen molar-refractivity contribution in [2.24, 2.45) is 5.92 Å². The lowest BCUT2D eigenvalue weighted by Crippen LogP contribution is -2.33. The molecule has 4 unspecified atom stereocenters. The average molecular weight is 337 g/mol. The Balaban J connectivity index is 2.11. The van der Waals surface area contributed by atoms with Crippen LogP contribution in [0.1, 0.15) is 40.3 Å². The molecule has 0 radical (unpaired) electrons. The zero-order valence-corrected chi connectivity index (χ0v) is 14.7. The Kier molecular flexibility index (Phi) is 4.33. The van der Waals surface area contributed by atoms with Gasteiger partial charge in [-0.3, -0.25) is 4.57 Å². The summed E-state index contributed by atoms with van der Waals surface area (Å²) in [5.74, 6) is 0.553. The van der Waals surface area contributed by atoms with E-state index in [4.69, 9.17) is 9.47 Å². The first kappa shape index (κ1) is 16.9. The van der Waals surface area contributed by atoms with Crippen LogP contribution in [0.2, 0.25) is 0 Å². The van der Waals surface area contributed by atoms with Crippen molar-refractivity contribution in [3.63, 3.8) is 0 Å². The largest absolute Gasteiger partial charge is 0.479 e. The van der Waals surface area contributed by atoms with Crippen LogP contribution in [-0.4, -0.2) is 44.9 Å². The molecule has 1 aliphatic rings. The standard InChI is InChI=1S/C16H24FN5O2/c1-6-10-9(3)16(4,17)14(24-10)22-8-19-11-12(22)20-15(18-7-2)21-13(11)23-5/h8-10,14H,6-7H2,1-5H3,(H,18,20,21). The fourth-order valence-electron chi connectivity index (χ4n) is 3.23. The molecule has 1 saturated heterocycles. The summed E-state index contributed by atoms with van der Waals surface area (Å²) in [4.78, 5) is 13.1. The van der Waals surface area contributed by atoms with E-state index in [-0.39, 0.29) is 12.0 Å². The Bertz CT molecular complexity index is 733. The number of nitrogens with zero attached hydrogens (tertiary/aromatic N) is 4. The highest BCUT2D eigenvalue weighted by Crippen LogP contribution is 2.47. The number of rotatable bonds is 5. The van der Waals surface area contributed by atoms with Gasteiger partial charge < -0.3 is 14.8 Å². The van der Waals surface area contributed by atoms with E-state index in [1.807, 2.05) is 20.8 Å². The van der Waals surface area contributed by atoms with E-state index in [1.165, 1.54) is 7.11 Å². The van der Waals surface area contributed by atoms with Gasteiger partial charge in [-0.25, -0.2) is 9.37 Å². The lowest BCUT2D eigenvalue weighted by Gasteiger charge is -2.25. The molecule has 4 atom stereocenters. The molecule has 0 aromatic carbocycles. The number of methoxy groups -OCH3 is 1. The summed E-state index contributed by atoms with van der Waals surface area (Å²) < 4.78 is 28.3. The molecule has 3 heterocycles. The predicted octanol–water partition coefficient (Wildman–Crippen LogP) is 2.94. The maximum absolute atomic E-state index is 15.4. The fourth-order valence-corrected chi connectivity index (χ4v) is 3.23. The van der Waals surface area contributed by atoms with Gasteiger partial charge in [0.15, 0.2) is 23.1 Å². The normalized spacial score (nSPS) is 30.0. The van der Waals surface area contributed by atoms with Gasteiger partial charge in [0, 0.05) is 12.5 Å². The second kappa shape index (κ2) is 6.16. The van der Waals surface area contributed by atoms with Crippen molar-refractivity contribution in [3.05, 3.63) is 6.33 Å². The molecule has 0 saturated carbocycles. The van der Waals surface area contributed by atoms with Gasteiger partial charge in [-0.2, -0.15) is 9.97 Å². The van der Waals surface area contributed by atoms with Gasteiger partial charge in [0.1, 0.15) is 0 Å². The molecule has 0 bridgehead atoms. The second-order valence-corrected chi connectivity index (χ2v) is 6.29. The summed E-state index contributed by atoms with van der Waals surface area (Å²) >= 11 is 0. The third-order valence-electron chi connectivity index (χ3n) is 4.81. The summed E-state index contributed by atoms with van der Waals surface area (Å²) in [5, 5.41) is 3.05.